The van der Waals surface area contributed by atoms with E-state index in [4.69, 9.17) is 21.6 Å². The molecule has 4 atom stereocenters. The van der Waals surface area contributed by atoms with Gasteiger partial charge in [-0.05, 0) is 69.2 Å². The standard InChI is InChI=1S/C27H29ClN6O2/c1-14-10-19(15(2)30-20-8-9-23(28)32-25(20)27(35)36)24-21(11-14)31-22(12-29)26(33-24)34-13-17-6-4-5-7-18(17)16(34)3/h8-11,15-18,30H,4-7,13H2,1-3H3,(H,35,36)/t15-,16?,17?,18?/m1/s1. The number of aromatic nitrogens is 3. The van der Waals surface area contributed by atoms with Crippen LogP contribution in [-0.4, -0.2) is 38.6 Å². The molecule has 1 saturated heterocycles. The largest absolute Gasteiger partial charge is 0.476 e. The molecule has 2 aliphatic rings. The number of nitrogens with one attached hydrogen (secondary N) is 1. The molecular weight excluding hydrogens is 476 g/mol. The Balaban J connectivity index is 1.58. The molecule has 1 aliphatic heterocycles. The fourth-order valence-corrected chi connectivity index (χ4v) is 6.13. The van der Waals surface area contributed by atoms with Crippen molar-refractivity contribution in [2.24, 2.45) is 11.8 Å². The lowest BCUT2D eigenvalue weighted by atomic mass is 9.79. The van der Waals surface area contributed by atoms with Crippen LogP contribution < -0.4 is 10.2 Å². The van der Waals surface area contributed by atoms with Gasteiger partial charge in [0.1, 0.15) is 11.2 Å². The van der Waals surface area contributed by atoms with Crippen LogP contribution in [0.3, 0.4) is 0 Å². The molecule has 0 radical (unpaired) electrons. The second-order valence-electron chi connectivity index (χ2n) is 10.0. The van der Waals surface area contributed by atoms with Crippen molar-refractivity contribution < 1.29 is 9.90 Å². The normalized spacial score (nSPS) is 22.2. The van der Waals surface area contributed by atoms with E-state index in [-0.39, 0.29) is 16.9 Å². The highest BCUT2D eigenvalue weighted by Crippen LogP contribution is 2.43. The number of benzene rings is 1. The molecule has 2 aromatic heterocycles. The summed E-state index contributed by atoms with van der Waals surface area (Å²) in [6.45, 7) is 7.05. The lowest BCUT2D eigenvalue weighted by Gasteiger charge is -2.28. The van der Waals surface area contributed by atoms with Crippen molar-refractivity contribution in [3.8, 4) is 6.07 Å². The molecule has 5 rings (SSSR count). The molecule has 0 spiro atoms. The first-order chi connectivity index (χ1) is 17.3. The van der Waals surface area contributed by atoms with Crippen LogP contribution in [0.4, 0.5) is 11.5 Å². The van der Waals surface area contributed by atoms with E-state index in [1.807, 2.05) is 26.0 Å². The first kappa shape index (κ1) is 24.3. The molecule has 2 fully saturated rings. The minimum absolute atomic E-state index is 0.117. The fourth-order valence-electron chi connectivity index (χ4n) is 5.98. The predicted molar refractivity (Wildman–Crippen MR) is 139 cm³/mol. The topological polar surface area (TPSA) is 115 Å². The van der Waals surface area contributed by atoms with Gasteiger partial charge < -0.3 is 15.3 Å². The average Bonchev–Trinajstić information content (AvgIpc) is 3.19. The second kappa shape index (κ2) is 9.55. The van der Waals surface area contributed by atoms with Crippen LogP contribution in [0.2, 0.25) is 5.15 Å². The van der Waals surface area contributed by atoms with Crippen molar-refractivity contribution in [3.63, 3.8) is 0 Å². The summed E-state index contributed by atoms with van der Waals surface area (Å²) < 4.78 is 0. The zero-order chi connectivity index (χ0) is 25.6. The molecule has 36 heavy (non-hydrogen) atoms. The zero-order valence-corrected chi connectivity index (χ0v) is 21.4. The molecule has 1 aliphatic carbocycles. The number of carboxylic acid groups (broad SMARTS) is 1. The highest BCUT2D eigenvalue weighted by atomic mass is 35.5. The maximum absolute atomic E-state index is 11.7. The molecule has 1 aromatic carbocycles. The first-order valence-electron chi connectivity index (χ1n) is 12.4. The summed E-state index contributed by atoms with van der Waals surface area (Å²) in [5.74, 6) is 0.727. The van der Waals surface area contributed by atoms with Crippen molar-refractivity contribution in [1.29, 1.82) is 5.26 Å². The van der Waals surface area contributed by atoms with E-state index in [0.29, 0.717) is 46.1 Å². The summed E-state index contributed by atoms with van der Waals surface area (Å²) in [6.07, 6.45) is 4.97. The highest BCUT2D eigenvalue weighted by molar-refractivity contribution is 6.29. The number of halogens is 1. The monoisotopic (exact) mass is 504 g/mol. The molecule has 9 heteroatoms. The van der Waals surface area contributed by atoms with Gasteiger partial charge in [0.2, 0.25) is 0 Å². The Bertz CT molecular complexity index is 1390. The molecule has 186 valence electrons. The third-order valence-corrected chi connectivity index (χ3v) is 7.93. The van der Waals surface area contributed by atoms with Crippen LogP contribution in [0, 0.1) is 30.1 Å². The van der Waals surface area contributed by atoms with Crippen LogP contribution in [0.15, 0.2) is 24.3 Å². The lowest BCUT2D eigenvalue weighted by molar-refractivity contribution is 0.0691. The number of nitrogens with zero attached hydrogens (tertiary/aromatic N) is 5. The fraction of sp³-hybridized carbons (Fsp3) is 0.444. The number of nitriles is 1. The molecule has 3 aromatic rings. The summed E-state index contributed by atoms with van der Waals surface area (Å²) >= 11 is 5.93. The highest BCUT2D eigenvalue weighted by Gasteiger charge is 2.41. The predicted octanol–water partition coefficient (Wildman–Crippen LogP) is 5.74. The second-order valence-corrected chi connectivity index (χ2v) is 10.4. The Labute approximate surface area is 215 Å². The number of hydrogen-bond donors (Lipinski definition) is 2. The Hall–Kier alpha value is -3.44. The van der Waals surface area contributed by atoms with E-state index in [1.54, 1.807) is 12.1 Å². The number of pyridine rings is 1. The van der Waals surface area contributed by atoms with E-state index < -0.39 is 5.97 Å². The number of rotatable bonds is 5. The first-order valence-corrected chi connectivity index (χ1v) is 12.8. The Morgan fingerprint density at radius 1 is 1.25 bits per heavy atom. The van der Waals surface area contributed by atoms with E-state index in [9.17, 15) is 15.2 Å². The van der Waals surface area contributed by atoms with Gasteiger partial charge in [0.15, 0.2) is 17.2 Å². The van der Waals surface area contributed by atoms with E-state index in [0.717, 1.165) is 17.7 Å². The van der Waals surface area contributed by atoms with Gasteiger partial charge >= 0.3 is 5.97 Å². The number of anilines is 2. The van der Waals surface area contributed by atoms with Crippen molar-refractivity contribution in [1.82, 2.24) is 15.0 Å². The van der Waals surface area contributed by atoms with Crippen LogP contribution in [0.25, 0.3) is 11.0 Å². The van der Waals surface area contributed by atoms with E-state index >= 15 is 0 Å². The molecule has 3 unspecified atom stereocenters. The van der Waals surface area contributed by atoms with Crippen LogP contribution in [-0.2, 0) is 0 Å². The maximum Gasteiger partial charge on any atom is 0.356 e. The Morgan fingerprint density at radius 2 is 2.03 bits per heavy atom. The van der Waals surface area contributed by atoms with Gasteiger partial charge in [-0.25, -0.2) is 19.7 Å². The molecule has 0 bridgehead atoms. The van der Waals surface area contributed by atoms with Gasteiger partial charge in [-0.1, -0.05) is 30.5 Å². The van der Waals surface area contributed by atoms with Crippen LogP contribution >= 0.6 is 11.6 Å². The van der Waals surface area contributed by atoms with Crippen molar-refractivity contribution in [3.05, 3.63) is 51.9 Å². The van der Waals surface area contributed by atoms with E-state index in [2.05, 4.69) is 28.2 Å². The van der Waals surface area contributed by atoms with Crippen molar-refractivity contribution in [2.75, 3.05) is 16.8 Å². The van der Waals surface area contributed by atoms with Gasteiger partial charge in [-0.15, -0.1) is 0 Å². The molecule has 3 heterocycles. The number of carboxylic acids is 1. The molecule has 8 nitrogen and oxygen atoms in total. The zero-order valence-electron chi connectivity index (χ0n) is 20.6. The van der Waals surface area contributed by atoms with Gasteiger partial charge in [0, 0.05) is 18.2 Å². The number of fused-ring (bicyclic) bond motifs is 2. The molecule has 0 amide bonds. The van der Waals surface area contributed by atoms with Gasteiger partial charge in [-0.2, -0.15) is 5.26 Å². The quantitative estimate of drug-likeness (QED) is 0.422. The third kappa shape index (κ3) is 4.33. The van der Waals surface area contributed by atoms with Crippen molar-refractivity contribution in [2.45, 2.75) is 58.5 Å². The number of carbonyl (C=O) groups is 1. The number of aromatic carboxylic acids is 1. The number of aryl methyl sites for hydroxylation is 1. The SMILES string of the molecule is Cc1cc([C@@H](C)Nc2ccc(Cl)nc2C(=O)O)c2nc(N3CC4CCCCC4C3C)c(C#N)nc2c1. The van der Waals surface area contributed by atoms with Crippen LogP contribution in [0.5, 0.6) is 0 Å². The summed E-state index contributed by atoms with van der Waals surface area (Å²) in [7, 11) is 0. The maximum atomic E-state index is 11.7. The van der Waals surface area contributed by atoms with E-state index in [1.165, 1.54) is 25.7 Å². The molecule has 1 saturated carbocycles. The van der Waals surface area contributed by atoms with Gasteiger partial charge in [0.05, 0.1) is 22.8 Å². The summed E-state index contributed by atoms with van der Waals surface area (Å²) in [5.41, 5.74) is 3.78. The minimum Gasteiger partial charge on any atom is -0.476 e. The van der Waals surface area contributed by atoms with Crippen LogP contribution in [0.1, 0.15) is 72.9 Å². The van der Waals surface area contributed by atoms with Crippen molar-refractivity contribution >= 4 is 40.1 Å². The molecule has 2 N–H and O–H groups in total. The third-order valence-electron chi connectivity index (χ3n) is 7.72. The molecular formula is C27H29ClN6O2. The van der Waals surface area contributed by atoms with Gasteiger partial charge in [-0.3, -0.25) is 0 Å². The minimum atomic E-state index is -1.16. The summed E-state index contributed by atoms with van der Waals surface area (Å²) in [6, 6.07) is 9.42. The Morgan fingerprint density at radius 3 is 2.75 bits per heavy atom. The Kier molecular flexibility index (Phi) is 6.44. The average molecular weight is 505 g/mol. The summed E-state index contributed by atoms with van der Waals surface area (Å²) in [5, 5.41) is 23.0. The van der Waals surface area contributed by atoms with Gasteiger partial charge in [0.25, 0.3) is 0 Å². The summed E-state index contributed by atoms with van der Waals surface area (Å²) in [4.78, 5) is 27.8. The smallest absolute Gasteiger partial charge is 0.356 e. The lowest BCUT2D eigenvalue weighted by Crippen LogP contribution is -2.31. The number of hydrogen-bond acceptors (Lipinski definition) is 7.